The minimum absolute atomic E-state index is 0.313. The van der Waals surface area contributed by atoms with E-state index in [9.17, 15) is 4.79 Å². The van der Waals surface area contributed by atoms with Crippen molar-refractivity contribution in [3.8, 4) is 22.6 Å². The average Bonchev–Trinajstić information content (AvgIpc) is 3.40. The normalized spacial score (nSPS) is 14.0. The molecule has 1 aliphatic rings. The number of aromatic nitrogens is 2. The average molecular weight is 452 g/mol. The molecule has 0 radical (unpaired) electrons. The smallest absolute Gasteiger partial charge is 0.319 e. The van der Waals surface area contributed by atoms with Gasteiger partial charge in [0, 0.05) is 37.9 Å². The van der Waals surface area contributed by atoms with Crippen molar-refractivity contribution in [1.29, 1.82) is 0 Å². The van der Waals surface area contributed by atoms with Crippen molar-refractivity contribution in [2.75, 3.05) is 51.9 Å². The predicted molar refractivity (Wildman–Crippen MR) is 126 cm³/mol. The zero-order valence-corrected chi connectivity index (χ0v) is 18.7. The second-order valence-electron chi connectivity index (χ2n) is 7.66. The van der Waals surface area contributed by atoms with Crippen LogP contribution in [-0.4, -0.2) is 67.7 Å². The molecule has 0 aliphatic carbocycles. The minimum Gasteiger partial charge on any atom is -0.497 e. The highest BCUT2D eigenvalue weighted by molar-refractivity contribution is 5.91. The van der Waals surface area contributed by atoms with Crippen LogP contribution in [0.3, 0.4) is 0 Å². The standard InChI is InChI=1S/C24H29N5O4/c1-31-21-4-2-3-18(13-21)15-25-24(30)28-22-6-5-19(20-16-26-27-17-20)14-23(22)33-12-9-29-7-10-32-11-8-29/h2-6,13-14,16-17H,7-12,15H2,1H3,(H,26,27)(H2,25,28,30). The number of hydrogen-bond donors (Lipinski definition) is 3. The van der Waals surface area contributed by atoms with E-state index in [4.69, 9.17) is 14.2 Å². The van der Waals surface area contributed by atoms with Crippen molar-refractivity contribution in [2.24, 2.45) is 0 Å². The number of anilines is 1. The number of hydrogen-bond acceptors (Lipinski definition) is 6. The van der Waals surface area contributed by atoms with Gasteiger partial charge in [-0.2, -0.15) is 5.10 Å². The van der Waals surface area contributed by atoms with Crippen molar-refractivity contribution in [1.82, 2.24) is 20.4 Å². The fraction of sp³-hybridized carbons (Fsp3) is 0.333. The number of carbonyl (C=O) groups is 1. The summed E-state index contributed by atoms with van der Waals surface area (Å²) in [5, 5.41) is 12.6. The first-order valence-corrected chi connectivity index (χ1v) is 10.9. The van der Waals surface area contributed by atoms with E-state index < -0.39 is 0 Å². The summed E-state index contributed by atoms with van der Waals surface area (Å²) in [6, 6.07) is 13.0. The first-order valence-electron chi connectivity index (χ1n) is 10.9. The third-order valence-electron chi connectivity index (χ3n) is 5.42. The van der Waals surface area contributed by atoms with Crippen LogP contribution < -0.4 is 20.1 Å². The monoisotopic (exact) mass is 451 g/mol. The Balaban J connectivity index is 1.40. The maximum Gasteiger partial charge on any atom is 0.319 e. The molecular weight excluding hydrogens is 422 g/mol. The van der Waals surface area contributed by atoms with Gasteiger partial charge in [-0.1, -0.05) is 18.2 Å². The second kappa shape index (κ2) is 11.3. The lowest BCUT2D eigenvalue weighted by molar-refractivity contribution is 0.0323. The number of carbonyl (C=O) groups excluding carboxylic acids is 1. The van der Waals surface area contributed by atoms with Crippen molar-refractivity contribution in [3.05, 3.63) is 60.4 Å². The molecule has 33 heavy (non-hydrogen) atoms. The number of urea groups is 1. The van der Waals surface area contributed by atoms with Gasteiger partial charge in [0.25, 0.3) is 0 Å². The molecule has 174 valence electrons. The van der Waals surface area contributed by atoms with Gasteiger partial charge in [0.05, 0.1) is 32.2 Å². The molecular formula is C24H29N5O4. The van der Waals surface area contributed by atoms with Crippen LogP contribution in [0.2, 0.25) is 0 Å². The molecule has 3 N–H and O–H groups in total. The highest BCUT2D eigenvalue weighted by atomic mass is 16.5. The molecule has 0 bridgehead atoms. The van der Waals surface area contributed by atoms with Crippen LogP contribution in [0, 0.1) is 0 Å². The zero-order valence-electron chi connectivity index (χ0n) is 18.7. The number of nitrogens with zero attached hydrogens (tertiary/aromatic N) is 2. The van der Waals surface area contributed by atoms with Gasteiger partial charge in [0.1, 0.15) is 18.1 Å². The minimum atomic E-state index is -0.313. The molecule has 9 heteroatoms. The van der Waals surface area contributed by atoms with E-state index in [1.54, 1.807) is 13.3 Å². The summed E-state index contributed by atoms with van der Waals surface area (Å²) in [4.78, 5) is 14.9. The molecule has 0 saturated carbocycles. The van der Waals surface area contributed by atoms with Gasteiger partial charge >= 0.3 is 6.03 Å². The van der Waals surface area contributed by atoms with Crippen LogP contribution in [0.1, 0.15) is 5.56 Å². The Bertz CT molecular complexity index is 1040. The molecule has 0 spiro atoms. The summed E-state index contributed by atoms with van der Waals surface area (Å²) in [7, 11) is 1.62. The van der Waals surface area contributed by atoms with E-state index in [1.807, 2.05) is 48.7 Å². The Morgan fingerprint density at radius 1 is 1.18 bits per heavy atom. The van der Waals surface area contributed by atoms with Crippen LogP contribution >= 0.6 is 0 Å². The molecule has 4 rings (SSSR count). The highest BCUT2D eigenvalue weighted by Crippen LogP contribution is 2.30. The molecule has 0 unspecified atom stereocenters. The number of morpholine rings is 1. The molecule has 1 aromatic heterocycles. The molecule has 9 nitrogen and oxygen atoms in total. The van der Waals surface area contributed by atoms with E-state index in [2.05, 4.69) is 25.7 Å². The van der Waals surface area contributed by atoms with Crippen LogP contribution in [0.25, 0.3) is 11.1 Å². The van der Waals surface area contributed by atoms with E-state index >= 15 is 0 Å². The lowest BCUT2D eigenvalue weighted by Crippen LogP contribution is -2.38. The Morgan fingerprint density at radius 2 is 2.06 bits per heavy atom. The van der Waals surface area contributed by atoms with Gasteiger partial charge in [-0.25, -0.2) is 4.79 Å². The first-order chi connectivity index (χ1) is 16.2. The molecule has 2 amide bonds. The molecule has 2 heterocycles. The van der Waals surface area contributed by atoms with Crippen molar-refractivity contribution < 1.29 is 19.0 Å². The Labute approximate surface area is 193 Å². The van der Waals surface area contributed by atoms with Crippen molar-refractivity contribution >= 4 is 11.7 Å². The number of aromatic amines is 1. The van der Waals surface area contributed by atoms with Gasteiger partial charge in [-0.3, -0.25) is 10.00 Å². The third kappa shape index (κ3) is 6.47. The van der Waals surface area contributed by atoms with Gasteiger partial charge in [-0.15, -0.1) is 0 Å². The topological polar surface area (TPSA) is 101 Å². The molecule has 1 fully saturated rings. The summed E-state index contributed by atoms with van der Waals surface area (Å²) in [6.07, 6.45) is 3.57. The van der Waals surface area contributed by atoms with E-state index in [-0.39, 0.29) is 6.03 Å². The summed E-state index contributed by atoms with van der Waals surface area (Å²) in [6.45, 7) is 4.97. The lowest BCUT2D eigenvalue weighted by atomic mass is 10.1. The van der Waals surface area contributed by atoms with Crippen LogP contribution in [0.15, 0.2) is 54.9 Å². The number of amides is 2. The number of benzene rings is 2. The zero-order chi connectivity index (χ0) is 22.9. The fourth-order valence-electron chi connectivity index (χ4n) is 3.57. The van der Waals surface area contributed by atoms with Gasteiger partial charge in [0.2, 0.25) is 0 Å². The van der Waals surface area contributed by atoms with Gasteiger partial charge in [-0.05, 0) is 35.4 Å². The summed E-state index contributed by atoms with van der Waals surface area (Å²) < 4.78 is 16.7. The quantitative estimate of drug-likeness (QED) is 0.462. The molecule has 2 aromatic carbocycles. The van der Waals surface area contributed by atoms with E-state index in [1.165, 1.54) is 0 Å². The highest BCUT2D eigenvalue weighted by Gasteiger charge is 2.13. The van der Waals surface area contributed by atoms with Gasteiger partial charge < -0.3 is 24.8 Å². The summed E-state index contributed by atoms with van der Waals surface area (Å²) in [5.41, 5.74) is 3.45. The maximum atomic E-state index is 12.6. The second-order valence-corrected chi connectivity index (χ2v) is 7.66. The van der Waals surface area contributed by atoms with Gasteiger partial charge in [0.15, 0.2) is 0 Å². The Morgan fingerprint density at radius 3 is 2.85 bits per heavy atom. The van der Waals surface area contributed by atoms with Crippen LogP contribution in [0.5, 0.6) is 11.5 Å². The molecule has 0 atom stereocenters. The molecule has 1 saturated heterocycles. The third-order valence-corrected chi connectivity index (χ3v) is 5.42. The fourth-order valence-corrected chi connectivity index (χ4v) is 3.57. The van der Waals surface area contributed by atoms with E-state index in [0.29, 0.717) is 24.6 Å². The number of ether oxygens (including phenoxy) is 3. The van der Waals surface area contributed by atoms with Crippen molar-refractivity contribution in [3.63, 3.8) is 0 Å². The summed E-state index contributed by atoms with van der Waals surface area (Å²) in [5.74, 6) is 1.36. The first kappa shape index (κ1) is 22.6. The number of rotatable bonds is 9. The van der Waals surface area contributed by atoms with Crippen LogP contribution in [-0.2, 0) is 11.3 Å². The largest absolute Gasteiger partial charge is 0.497 e. The Kier molecular flexibility index (Phi) is 7.78. The number of nitrogens with one attached hydrogen (secondary N) is 3. The van der Waals surface area contributed by atoms with Crippen molar-refractivity contribution in [2.45, 2.75) is 6.54 Å². The van der Waals surface area contributed by atoms with Crippen LogP contribution in [0.4, 0.5) is 10.5 Å². The predicted octanol–water partition coefficient (Wildman–Crippen LogP) is 3.12. The Hall–Kier alpha value is -3.56. The SMILES string of the molecule is COc1cccc(CNC(=O)Nc2ccc(-c3cn[nH]c3)cc2OCCN2CCOCC2)c1. The molecule has 3 aromatic rings. The maximum absolute atomic E-state index is 12.6. The number of methoxy groups -OCH3 is 1. The number of H-pyrrole nitrogens is 1. The van der Waals surface area contributed by atoms with E-state index in [0.717, 1.165) is 55.3 Å². The summed E-state index contributed by atoms with van der Waals surface area (Å²) >= 11 is 0. The molecule has 1 aliphatic heterocycles. The lowest BCUT2D eigenvalue weighted by Gasteiger charge is -2.26.